The van der Waals surface area contributed by atoms with Crippen LogP contribution in [0.3, 0.4) is 0 Å². The van der Waals surface area contributed by atoms with Gasteiger partial charge in [-0.25, -0.2) is 8.42 Å². The molecule has 2 aromatic carbocycles. The Kier molecular flexibility index (Phi) is 8.01. The number of rotatable bonds is 10. The Balaban J connectivity index is 1.64. The second kappa shape index (κ2) is 10.7. The van der Waals surface area contributed by atoms with Crippen molar-refractivity contribution in [1.82, 2.24) is 9.62 Å². The molecule has 1 unspecified atom stereocenters. The quantitative estimate of drug-likeness (QED) is 0.484. The van der Waals surface area contributed by atoms with Crippen LogP contribution >= 0.6 is 11.3 Å². The molecular formula is C24H28N2O3S2. The first-order valence-corrected chi connectivity index (χ1v) is 12.7. The maximum absolute atomic E-state index is 12.7. The summed E-state index contributed by atoms with van der Waals surface area (Å²) in [4.78, 5) is 14.1. The predicted octanol–water partition coefficient (Wildman–Crippen LogP) is 4.62. The van der Waals surface area contributed by atoms with Gasteiger partial charge in [-0.1, -0.05) is 62.4 Å². The minimum absolute atomic E-state index is 0.0397. The summed E-state index contributed by atoms with van der Waals surface area (Å²) >= 11 is 1.62. The molecule has 1 N–H and O–H groups in total. The van der Waals surface area contributed by atoms with Gasteiger partial charge in [-0.15, -0.1) is 11.3 Å². The monoisotopic (exact) mass is 456 g/mol. The first-order valence-electron chi connectivity index (χ1n) is 10.4. The Morgan fingerprint density at radius 2 is 1.65 bits per heavy atom. The third-order valence-electron chi connectivity index (χ3n) is 5.17. The van der Waals surface area contributed by atoms with Gasteiger partial charge in [0.25, 0.3) is 0 Å². The molecule has 0 bridgehead atoms. The Bertz CT molecular complexity index is 1060. The lowest BCUT2D eigenvalue weighted by molar-refractivity contribution is -0.121. The molecule has 31 heavy (non-hydrogen) atoms. The van der Waals surface area contributed by atoms with Crippen LogP contribution in [0.15, 0.2) is 77.0 Å². The highest BCUT2D eigenvalue weighted by molar-refractivity contribution is 7.89. The fourth-order valence-corrected chi connectivity index (χ4v) is 5.71. The third kappa shape index (κ3) is 5.81. The molecule has 0 saturated heterocycles. The van der Waals surface area contributed by atoms with Gasteiger partial charge < -0.3 is 5.32 Å². The van der Waals surface area contributed by atoms with Crippen molar-refractivity contribution in [2.45, 2.75) is 37.6 Å². The average molecular weight is 457 g/mol. The summed E-state index contributed by atoms with van der Waals surface area (Å²) in [6.45, 7) is 4.53. The second-order valence-corrected chi connectivity index (χ2v) is 10.1. The van der Waals surface area contributed by atoms with Crippen molar-refractivity contribution in [3.63, 3.8) is 0 Å². The van der Waals surface area contributed by atoms with E-state index in [9.17, 15) is 13.2 Å². The number of nitrogens with zero attached hydrogens (tertiary/aromatic N) is 1. The number of benzene rings is 2. The highest BCUT2D eigenvalue weighted by Crippen LogP contribution is 2.26. The molecule has 0 aliphatic heterocycles. The van der Waals surface area contributed by atoms with E-state index in [1.54, 1.807) is 35.6 Å². The van der Waals surface area contributed by atoms with Gasteiger partial charge >= 0.3 is 0 Å². The van der Waals surface area contributed by atoms with Gasteiger partial charge in [-0.2, -0.15) is 4.31 Å². The van der Waals surface area contributed by atoms with Crippen LogP contribution in [0.2, 0.25) is 0 Å². The highest BCUT2D eigenvalue weighted by Gasteiger charge is 2.21. The maximum atomic E-state index is 12.7. The van der Waals surface area contributed by atoms with Gasteiger partial charge in [0.05, 0.1) is 10.9 Å². The number of thiophene rings is 1. The zero-order chi connectivity index (χ0) is 22.3. The number of hydrogen-bond acceptors (Lipinski definition) is 4. The van der Waals surface area contributed by atoms with Crippen molar-refractivity contribution in [1.29, 1.82) is 0 Å². The second-order valence-electron chi connectivity index (χ2n) is 7.16. The van der Waals surface area contributed by atoms with Crippen molar-refractivity contribution in [3.05, 3.63) is 88.1 Å². The SMILES string of the molecule is CCN(CC)S(=O)(=O)c1ccc(CCC(=O)NC(c2ccccc2)c2cccs2)cc1. The van der Waals surface area contributed by atoms with Crippen molar-refractivity contribution in [3.8, 4) is 0 Å². The smallest absolute Gasteiger partial charge is 0.243 e. The Morgan fingerprint density at radius 3 is 2.23 bits per heavy atom. The molecule has 0 saturated carbocycles. The minimum atomic E-state index is -3.47. The number of aryl methyl sites for hydroxylation is 1. The first kappa shape index (κ1) is 23.2. The van der Waals surface area contributed by atoms with Crippen LogP contribution in [-0.2, 0) is 21.2 Å². The van der Waals surface area contributed by atoms with E-state index >= 15 is 0 Å². The van der Waals surface area contributed by atoms with E-state index in [0.29, 0.717) is 25.9 Å². The molecule has 3 aromatic rings. The molecular weight excluding hydrogens is 428 g/mol. The standard InChI is InChI=1S/C24H28N2O3S2/c1-3-26(4-2)31(28,29)21-15-12-19(13-16-21)14-17-23(27)25-24(22-11-8-18-30-22)20-9-6-5-7-10-20/h5-13,15-16,18,24H,3-4,14,17H2,1-2H3,(H,25,27). The average Bonchev–Trinajstić information content (AvgIpc) is 3.32. The van der Waals surface area contributed by atoms with Crippen LogP contribution in [0.1, 0.15) is 42.3 Å². The number of amides is 1. The Labute approximate surface area is 188 Å². The summed E-state index contributed by atoms with van der Waals surface area (Å²) < 4.78 is 26.6. The lowest BCUT2D eigenvalue weighted by atomic mass is 10.0. The van der Waals surface area contributed by atoms with Crippen LogP contribution in [0, 0.1) is 0 Å². The molecule has 3 rings (SSSR count). The minimum Gasteiger partial charge on any atom is -0.344 e. The molecule has 0 radical (unpaired) electrons. The first-order chi connectivity index (χ1) is 15.0. The van der Waals surface area contributed by atoms with E-state index in [0.717, 1.165) is 16.0 Å². The number of hydrogen-bond donors (Lipinski definition) is 1. The molecule has 0 fully saturated rings. The molecule has 0 spiro atoms. The maximum Gasteiger partial charge on any atom is 0.243 e. The van der Waals surface area contributed by atoms with Gasteiger partial charge in [0.1, 0.15) is 0 Å². The van der Waals surface area contributed by atoms with Gasteiger partial charge in [0, 0.05) is 24.4 Å². The molecule has 7 heteroatoms. The molecule has 1 heterocycles. The zero-order valence-electron chi connectivity index (χ0n) is 17.8. The van der Waals surface area contributed by atoms with Crippen molar-refractivity contribution < 1.29 is 13.2 Å². The van der Waals surface area contributed by atoms with Gasteiger partial charge in [-0.3, -0.25) is 4.79 Å². The van der Waals surface area contributed by atoms with E-state index in [1.165, 1.54) is 4.31 Å². The van der Waals surface area contributed by atoms with Crippen molar-refractivity contribution >= 4 is 27.3 Å². The molecule has 164 valence electrons. The summed E-state index contributed by atoms with van der Waals surface area (Å²) in [5.74, 6) is -0.0397. The predicted molar refractivity (Wildman–Crippen MR) is 126 cm³/mol. The van der Waals surface area contributed by atoms with Gasteiger partial charge in [0.15, 0.2) is 0 Å². The Morgan fingerprint density at radius 1 is 0.968 bits per heavy atom. The molecule has 0 aliphatic rings. The number of carbonyl (C=O) groups is 1. The van der Waals surface area contributed by atoms with Crippen molar-refractivity contribution in [2.75, 3.05) is 13.1 Å². The summed E-state index contributed by atoms with van der Waals surface area (Å²) in [6.07, 6.45) is 0.875. The molecule has 1 atom stereocenters. The lowest BCUT2D eigenvalue weighted by Gasteiger charge is -2.19. The Hall–Kier alpha value is -2.48. The highest BCUT2D eigenvalue weighted by atomic mass is 32.2. The fourth-order valence-electron chi connectivity index (χ4n) is 3.45. The van der Waals surface area contributed by atoms with Crippen molar-refractivity contribution in [2.24, 2.45) is 0 Å². The largest absolute Gasteiger partial charge is 0.344 e. The topological polar surface area (TPSA) is 66.5 Å². The van der Waals surface area contributed by atoms with Crippen LogP contribution in [0.4, 0.5) is 0 Å². The normalized spacial score (nSPS) is 12.6. The van der Waals surface area contributed by atoms with Gasteiger partial charge in [-0.05, 0) is 41.1 Å². The molecule has 0 aliphatic carbocycles. The molecule has 5 nitrogen and oxygen atoms in total. The van der Waals surface area contributed by atoms with E-state index < -0.39 is 10.0 Å². The van der Waals surface area contributed by atoms with Crippen LogP contribution in [0.25, 0.3) is 0 Å². The van der Waals surface area contributed by atoms with Crippen LogP contribution in [-0.4, -0.2) is 31.7 Å². The van der Waals surface area contributed by atoms with E-state index in [4.69, 9.17) is 0 Å². The summed E-state index contributed by atoms with van der Waals surface area (Å²) in [5, 5.41) is 5.15. The third-order valence-corrected chi connectivity index (χ3v) is 8.17. The number of nitrogens with one attached hydrogen (secondary N) is 1. The number of carbonyl (C=O) groups excluding carboxylic acids is 1. The molecule has 1 aromatic heterocycles. The zero-order valence-corrected chi connectivity index (χ0v) is 19.5. The van der Waals surface area contributed by atoms with Gasteiger partial charge in [0.2, 0.25) is 15.9 Å². The van der Waals surface area contributed by atoms with E-state index in [2.05, 4.69) is 5.32 Å². The van der Waals surface area contributed by atoms with E-state index in [1.807, 2.05) is 61.7 Å². The fraction of sp³-hybridized carbons (Fsp3) is 0.292. The lowest BCUT2D eigenvalue weighted by Crippen LogP contribution is -2.30. The van der Waals surface area contributed by atoms with Crippen LogP contribution in [0.5, 0.6) is 0 Å². The molecule has 1 amide bonds. The van der Waals surface area contributed by atoms with Crippen LogP contribution < -0.4 is 5.32 Å². The van der Waals surface area contributed by atoms with E-state index in [-0.39, 0.29) is 16.8 Å². The summed E-state index contributed by atoms with van der Waals surface area (Å²) in [7, 11) is -3.47. The number of sulfonamides is 1. The summed E-state index contributed by atoms with van der Waals surface area (Å²) in [6, 6.07) is 20.6. The summed E-state index contributed by atoms with van der Waals surface area (Å²) in [5.41, 5.74) is 1.98.